The Bertz CT molecular complexity index is 923. The van der Waals surface area contributed by atoms with E-state index in [2.05, 4.69) is 0 Å². The van der Waals surface area contributed by atoms with Gasteiger partial charge in [-0.1, -0.05) is 18.2 Å². The van der Waals surface area contributed by atoms with E-state index in [4.69, 9.17) is 14.1 Å². The molecule has 0 spiro atoms. The van der Waals surface area contributed by atoms with Gasteiger partial charge in [-0.25, -0.2) is 9.78 Å². The van der Waals surface area contributed by atoms with Crippen LogP contribution in [0.3, 0.4) is 0 Å². The average molecular weight is 305 g/mol. The molecule has 0 fully saturated rings. The molecule has 114 valence electrons. The highest BCUT2D eigenvalue weighted by molar-refractivity contribution is 6.07. The van der Waals surface area contributed by atoms with Crippen LogP contribution >= 0.6 is 0 Å². The second-order valence-electron chi connectivity index (χ2n) is 5.51. The second kappa shape index (κ2) is 5.39. The fourth-order valence-electron chi connectivity index (χ4n) is 3.16. The number of esters is 1. The van der Waals surface area contributed by atoms with E-state index in [9.17, 15) is 4.79 Å². The van der Waals surface area contributed by atoms with Gasteiger partial charge in [0.2, 0.25) is 0 Å². The number of allylic oxidation sites excluding steroid dienone is 1. The van der Waals surface area contributed by atoms with E-state index in [1.165, 1.54) is 7.11 Å². The fraction of sp³-hybridized carbons (Fsp3) is 0.158. The van der Waals surface area contributed by atoms with Crippen molar-refractivity contribution in [2.75, 3.05) is 7.11 Å². The van der Waals surface area contributed by atoms with Crippen molar-refractivity contribution < 1.29 is 13.9 Å². The summed E-state index contributed by atoms with van der Waals surface area (Å²) < 4.78 is 10.4. The molecule has 0 saturated carbocycles. The smallest absolute Gasteiger partial charge is 0.338 e. The molecule has 0 atom stereocenters. The third kappa shape index (κ3) is 2.23. The number of carbonyl (C=O) groups excluding carboxylic acids is 1. The minimum atomic E-state index is -0.306. The molecule has 0 unspecified atom stereocenters. The molecule has 0 bridgehead atoms. The summed E-state index contributed by atoms with van der Waals surface area (Å²) in [6.45, 7) is 0. The molecule has 2 heterocycles. The molecule has 1 aromatic carbocycles. The zero-order valence-electron chi connectivity index (χ0n) is 12.7. The predicted molar refractivity (Wildman–Crippen MR) is 88.0 cm³/mol. The number of furan rings is 1. The highest BCUT2D eigenvalue weighted by Crippen LogP contribution is 2.37. The molecule has 0 aliphatic heterocycles. The highest BCUT2D eigenvalue weighted by atomic mass is 16.5. The molecule has 23 heavy (non-hydrogen) atoms. The largest absolute Gasteiger partial charge is 0.465 e. The maximum Gasteiger partial charge on any atom is 0.338 e. The van der Waals surface area contributed by atoms with Gasteiger partial charge in [0.25, 0.3) is 0 Å². The number of para-hydroxylation sites is 1. The first-order valence-electron chi connectivity index (χ1n) is 7.52. The first-order valence-corrected chi connectivity index (χ1v) is 7.52. The number of hydrogen-bond donors (Lipinski definition) is 0. The van der Waals surface area contributed by atoms with Crippen LogP contribution in [0, 0.1) is 0 Å². The maximum atomic E-state index is 12.3. The number of pyridine rings is 1. The molecule has 0 saturated heterocycles. The van der Waals surface area contributed by atoms with Crippen LogP contribution in [0.15, 0.2) is 47.1 Å². The topological polar surface area (TPSA) is 52.3 Å². The molecular formula is C19H15NO3. The number of carbonyl (C=O) groups is 1. The van der Waals surface area contributed by atoms with Crippen molar-refractivity contribution in [3.63, 3.8) is 0 Å². The molecule has 0 N–H and O–H groups in total. The van der Waals surface area contributed by atoms with Gasteiger partial charge in [-0.3, -0.25) is 0 Å². The summed E-state index contributed by atoms with van der Waals surface area (Å²) in [6, 6.07) is 11.4. The number of methoxy groups -OCH3 is 1. The quantitative estimate of drug-likeness (QED) is 0.669. The zero-order chi connectivity index (χ0) is 15.8. The normalized spacial score (nSPS) is 15.1. The molecule has 1 aliphatic carbocycles. The number of fused-ring (bicyclic) bond motifs is 2. The van der Waals surface area contributed by atoms with Gasteiger partial charge in [0, 0.05) is 5.39 Å². The Kier molecular flexibility index (Phi) is 3.23. The van der Waals surface area contributed by atoms with Gasteiger partial charge in [-0.2, -0.15) is 0 Å². The first kappa shape index (κ1) is 13.8. The first-order chi connectivity index (χ1) is 11.3. The highest BCUT2D eigenvalue weighted by Gasteiger charge is 2.27. The van der Waals surface area contributed by atoms with E-state index in [0.717, 1.165) is 46.3 Å². The van der Waals surface area contributed by atoms with E-state index in [1.54, 1.807) is 6.26 Å². The van der Waals surface area contributed by atoms with Gasteiger partial charge >= 0.3 is 5.97 Å². The van der Waals surface area contributed by atoms with Gasteiger partial charge in [0.05, 0.1) is 30.1 Å². The van der Waals surface area contributed by atoms with Crippen LogP contribution < -0.4 is 0 Å². The maximum absolute atomic E-state index is 12.3. The third-order valence-electron chi connectivity index (χ3n) is 4.19. The predicted octanol–water partition coefficient (Wildman–Crippen LogP) is 4.10. The van der Waals surface area contributed by atoms with E-state index in [1.807, 2.05) is 42.5 Å². The van der Waals surface area contributed by atoms with E-state index in [0.29, 0.717) is 5.56 Å². The summed E-state index contributed by atoms with van der Waals surface area (Å²) in [7, 11) is 1.42. The summed E-state index contributed by atoms with van der Waals surface area (Å²) in [5.41, 5.74) is 4.37. The van der Waals surface area contributed by atoms with Gasteiger partial charge < -0.3 is 9.15 Å². The Labute approximate surface area is 133 Å². The van der Waals surface area contributed by atoms with Gasteiger partial charge in [0.15, 0.2) is 0 Å². The lowest BCUT2D eigenvalue weighted by molar-refractivity contribution is 0.0602. The summed E-state index contributed by atoms with van der Waals surface area (Å²) >= 11 is 0. The molecule has 4 nitrogen and oxygen atoms in total. The van der Waals surface area contributed by atoms with Crippen LogP contribution in [0.1, 0.15) is 33.8 Å². The van der Waals surface area contributed by atoms with E-state index in [-0.39, 0.29) is 5.97 Å². The lowest BCUT2D eigenvalue weighted by Crippen LogP contribution is -2.08. The lowest BCUT2D eigenvalue weighted by atomic mass is 10.0. The summed E-state index contributed by atoms with van der Waals surface area (Å²) in [4.78, 5) is 17.1. The summed E-state index contributed by atoms with van der Waals surface area (Å²) in [5.74, 6) is 0.488. The summed E-state index contributed by atoms with van der Waals surface area (Å²) in [5, 5.41) is 0.845. The third-order valence-corrected chi connectivity index (χ3v) is 4.19. The van der Waals surface area contributed by atoms with Crippen LogP contribution in [0.4, 0.5) is 0 Å². The Morgan fingerprint density at radius 3 is 2.87 bits per heavy atom. The van der Waals surface area contributed by atoms with Crippen molar-refractivity contribution in [3.8, 4) is 0 Å². The molecular weight excluding hydrogens is 290 g/mol. The van der Waals surface area contributed by atoms with Gasteiger partial charge in [-0.05, 0) is 48.3 Å². The second-order valence-corrected chi connectivity index (χ2v) is 5.51. The molecule has 1 aliphatic rings. The van der Waals surface area contributed by atoms with Crippen molar-refractivity contribution in [2.45, 2.75) is 12.8 Å². The Hall–Kier alpha value is -2.88. The van der Waals surface area contributed by atoms with Crippen LogP contribution in [-0.4, -0.2) is 18.1 Å². The number of hydrogen-bond acceptors (Lipinski definition) is 4. The number of benzene rings is 1. The van der Waals surface area contributed by atoms with E-state index < -0.39 is 0 Å². The molecule has 3 aromatic rings. The van der Waals surface area contributed by atoms with Crippen LogP contribution in [-0.2, 0) is 11.2 Å². The Morgan fingerprint density at radius 1 is 1.22 bits per heavy atom. The van der Waals surface area contributed by atoms with Crippen LogP contribution in [0.2, 0.25) is 0 Å². The van der Waals surface area contributed by atoms with Crippen molar-refractivity contribution in [1.82, 2.24) is 4.98 Å². The van der Waals surface area contributed by atoms with Gasteiger partial charge in [-0.15, -0.1) is 0 Å². The molecule has 4 heteroatoms. The fourth-order valence-corrected chi connectivity index (χ4v) is 3.16. The van der Waals surface area contributed by atoms with E-state index >= 15 is 0 Å². The van der Waals surface area contributed by atoms with Crippen molar-refractivity contribution in [2.24, 2.45) is 0 Å². The Balaban J connectivity index is 1.97. The summed E-state index contributed by atoms with van der Waals surface area (Å²) in [6.07, 6.45) is 5.26. The van der Waals surface area contributed by atoms with Crippen molar-refractivity contribution in [1.29, 1.82) is 0 Å². The Morgan fingerprint density at radius 2 is 2.09 bits per heavy atom. The molecule has 4 rings (SSSR count). The lowest BCUT2D eigenvalue weighted by Gasteiger charge is -2.10. The SMILES string of the molecule is COC(=O)c1c2c(nc3ccccc13)/C(=C\c1ccco1)CC2. The monoisotopic (exact) mass is 305 g/mol. The number of aromatic nitrogens is 1. The number of rotatable bonds is 2. The standard InChI is InChI=1S/C19H15NO3/c1-22-19(21)17-14-6-2-3-7-16(14)20-18-12(8-9-15(17)18)11-13-5-4-10-23-13/h2-7,10-11H,8-9H2,1H3/b12-11-. The van der Waals surface area contributed by atoms with Gasteiger partial charge in [0.1, 0.15) is 5.76 Å². The van der Waals surface area contributed by atoms with Crippen LogP contribution in [0.5, 0.6) is 0 Å². The molecule has 2 aromatic heterocycles. The average Bonchev–Trinajstić information content (AvgIpc) is 3.23. The number of ether oxygens (including phenoxy) is 1. The van der Waals surface area contributed by atoms with Crippen LogP contribution in [0.25, 0.3) is 22.6 Å². The minimum absolute atomic E-state index is 0.306. The minimum Gasteiger partial charge on any atom is -0.465 e. The number of nitrogens with zero attached hydrogens (tertiary/aromatic N) is 1. The van der Waals surface area contributed by atoms with Crippen molar-refractivity contribution in [3.05, 3.63) is 65.2 Å². The molecule has 0 radical (unpaired) electrons. The van der Waals surface area contributed by atoms with Crippen molar-refractivity contribution >= 4 is 28.5 Å². The molecule has 0 amide bonds. The zero-order valence-corrected chi connectivity index (χ0v) is 12.7.